The van der Waals surface area contributed by atoms with Crippen molar-refractivity contribution in [2.24, 2.45) is 0 Å². The van der Waals surface area contributed by atoms with E-state index >= 15 is 0 Å². The van der Waals surface area contributed by atoms with Gasteiger partial charge in [0.1, 0.15) is 0 Å². The largest absolute Gasteiger partial charge is 1.00 e. The summed E-state index contributed by atoms with van der Waals surface area (Å²) in [5.41, 5.74) is 0. The molecule has 0 aromatic rings. The first kappa shape index (κ1) is 11.9. The van der Waals surface area contributed by atoms with E-state index in [2.05, 4.69) is 24.8 Å². The predicted octanol–water partition coefficient (Wildman–Crippen LogP) is -1.75. The first-order chi connectivity index (χ1) is 3.13. The second kappa shape index (κ2) is 6.23. The van der Waals surface area contributed by atoms with Crippen LogP contribution >= 0.6 is 12.2 Å². The molecule has 0 unspecified atom stereocenters. The molecule has 0 aliphatic carbocycles. The maximum Gasteiger partial charge on any atom is 1.00 e. The molecule has 42 valence electrons. The van der Waals surface area contributed by atoms with Gasteiger partial charge in [-0.15, -0.1) is 0 Å². The molecule has 0 heterocycles. The van der Waals surface area contributed by atoms with Gasteiger partial charge in [0.2, 0.25) is 0 Å². The maximum absolute atomic E-state index is 4.80. The van der Waals surface area contributed by atoms with Gasteiger partial charge in [-0.1, -0.05) is 0 Å². The van der Waals surface area contributed by atoms with E-state index in [4.69, 9.17) is 4.74 Å². The van der Waals surface area contributed by atoms with E-state index in [1.165, 1.54) is 0 Å². The van der Waals surface area contributed by atoms with Crippen LogP contribution in [0.15, 0.2) is 0 Å². The fourth-order valence-corrected chi connectivity index (χ4v) is 0.577. The normalized spacial score (nSPS) is 7.88. The molecule has 0 atom stereocenters. The molecule has 0 aromatic heterocycles. The van der Waals surface area contributed by atoms with Crippen molar-refractivity contribution in [2.45, 2.75) is 20.0 Å². The Morgan fingerprint density at radius 3 is 2.00 bits per heavy atom. The molecule has 8 heavy (non-hydrogen) atoms. The molecule has 0 rings (SSSR count). The number of hydrogen-bond acceptors (Lipinski definition) is 3. The molecule has 0 N–H and O–H groups in total. The Hall–Kier alpha value is 1.11. The number of ether oxygens (including phenoxy) is 1. The van der Waals surface area contributed by atoms with Gasteiger partial charge < -0.3 is 29.6 Å². The molecule has 0 aliphatic rings. The zero-order chi connectivity index (χ0) is 5.86. The van der Waals surface area contributed by atoms with Crippen LogP contribution in [0.1, 0.15) is 13.8 Å². The molecule has 0 aliphatic heterocycles. The van der Waals surface area contributed by atoms with Crippen LogP contribution < -0.4 is 29.6 Å². The van der Waals surface area contributed by atoms with Gasteiger partial charge >= 0.3 is 29.6 Å². The molecule has 0 radical (unpaired) electrons. The molecule has 0 amide bonds. The van der Waals surface area contributed by atoms with Crippen molar-refractivity contribution < 1.29 is 34.3 Å². The molecule has 1 nitrogen and oxygen atoms in total. The van der Waals surface area contributed by atoms with Crippen molar-refractivity contribution in [2.75, 3.05) is 0 Å². The number of rotatable bonds is 1. The van der Waals surface area contributed by atoms with E-state index in [1.54, 1.807) is 0 Å². The summed E-state index contributed by atoms with van der Waals surface area (Å²) < 4.78 is 5.00. The summed E-state index contributed by atoms with van der Waals surface area (Å²) in [6.45, 7) is 3.78. The summed E-state index contributed by atoms with van der Waals surface area (Å²) in [5, 5.41) is 0. The van der Waals surface area contributed by atoms with Crippen LogP contribution in [0.25, 0.3) is 0 Å². The van der Waals surface area contributed by atoms with Crippen molar-refractivity contribution in [1.82, 2.24) is 0 Å². The Balaban J connectivity index is 0. The molecule has 4 heteroatoms. The van der Waals surface area contributed by atoms with E-state index in [0.717, 1.165) is 0 Å². The van der Waals surface area contributed by atoms with E-state index < -0.39 is 0 Å². The van der Waals surface area contributed by atoms with Crippen LogP contribution in [0.2, 0.25) is 0 Å². The zero-order valence-electron chi connectivity index (χ0n) is 5.30. The van der Waals surface area contributed by atoms with Gasteiger partial charge in [-0.25, -0.2) is 0 Å². The van der Waals surface area contributed by atoms with Crippen LogP contribution in [-0.4, -0.2) is 10.5 Å². The molecule has 0 aromatic carbocycles. The van der Waals surface area contributed by atoms with Gasteiger partial charge in [-0.3, -0.25) is 0 Å². The minimum Gasteiger partial charge on any atom is -0.511 e. The van der Waals surface area contributed by atoms with E-state index in [1.807, 2.05) is 13.8 Å². The number of thiocarbonyl (C=S) groups is 1. The minimum atomic E-state index is 0. The van der Waals surface area contributed by atoms with Crippen molar-refractivity contribution in [3.8, 4) is 0 Å². The number of hydrogen-bond donors (Lipinski definition) is 0. The predicted molar refractivity (Wildman–Crippen MR) is 36.2 cm³/mol. The minimum absolute atomic E-state index is 0. The van der Waals surface area contributed by atoms with Crippen LogP contribution in [0, 0.1) is 0 Å². The first-order valence-electron chi connectivity index (χ1n) is 2.00. The fraction of sp³-hybridized carbons (Fsp3) is 0.750. The van der Waals surface area contributed by atoms with E-state index in [-0.39, 0.29) is 40.0 Å². The molecule has 0 saturated carbocycles. The quantitative estimate of drug-likeness (QED) is 0.254. The second-order valence-corrected chi connectivity index (χ2v) is 2.42. The molecule has 0 spiro atoms. The third-order valence-electron chi connectivity index (χ3n) is 0.332. The summed E-state index contributed by atoms with van der Waals surface area (Å²) in [6.07, 6.45) is 0.130. The second-order valence-electron chi connectivity index (χ2n) is 1.42. The smallest absolute Gasteiger partial charge is 0.511 e. The third kappa shape index (κ3) is 10.2. The van der Waals surface area contributed by atoms with Gasteiger partial charge in [0.05, 0.1) is 6.10 Å². The Morgan fingerprint density at radius 2 is 2.00 bits per heavy atom. The Kier molecular flexibility index (Phi) is 9.24. The zero-order valence-corrected chi connectivity index (χ0v) is 8.94. The van der Waals surface area contributed by atoms with E-state index in [0.29, 0.717) is 0 Å². The maximum atomic E-state index is 4.80. The average molecular weight is 158 g/mol. The van der Waals surface area contributed by atoms with Gasteiger partial charge in [0.25, 0.3) is 0 Å². The summed E-state index contributed by atoms with van der Waals surface area (Å²) >= 11 is 8.93. The Morgan fingerprint density at radius 1 is 1.62 bits per heavy atom. The molecule has 0 fully saturated rings. The van der Waals surface area contributed by atoms with Crippen molar-refractivity contribution in [3.05, 3.63) is 0 Å². The Bertz CT molecular complexity index is 74.4. The molecular weight excluding hydrogens is 151 g/mol. The average Bonchev–Trinajstić information content (AvgIpc) is 1.27. The third-order valence-corrected chi connectivity index (χ3v) is 0.524. The summed E-state index contributed by atoms with van der Waals surface area (Å²) in [7, 11) is 0. The Labute approximate surface area is 82.9 Å². The standard InChI is InChI=1S/C4H8OS2.Na/c1-3(2)5-4(6)7;/h3H,1-2H3,(H,6,7);/q;+1/p-1. The molecular formula is C4H7NaOS2. The topological polar surface area (TPSA) is 9.23 Å². The van der Waals surface area contributed by atoms with E-state index in [9.17, 15) is 0 Å². The van der Waals surface area contributed by atoms with Crippen LogP contribution in [0.3, 0.4) is 0 Å². The van der Waals surface area contributed by atoms with Crippen LogP contribution in [-0.2, 0) is 17.4 Å². The monoisotopic (exact) mass is 158 g/mol. The van der Waals surface area contributed by atoms with Crippen LogP contribution in [0.4, 0.5) is 0 Å². The van der Waals surface area contributed by atoms with Gasteiger partial charge in [-0.05, 0) is 13.8 Å². The van der Waals surface area contributed by atoms with Crippen molar-refractivity contribution in [1.29, 1.82) is 0 Å². The van der Waals surface area contributed by atoms with Crippen LogP contribution in [0.5, 0.6) is 0 Å². The summed E-state index contributed by atoms with van der Waals surface area (Å²) in [5.74, 6) is 0. The van der Waals surface area contributed by atoms with Gasteiger partial charge in [0.15, 0.2) is 0 Å². The van der Waals surface area contributed by atoms with Gasteiger partial charge in [-0.2, -0.15) is 0 Å². The summed E-state index contributed by atoms with van der Waals surface area (Å²) in [6, 6.07) is 0. The SMILES string of the molecule is CC(C)OC(=S)[S-].[Na+]. The van der Waals surface area contributed by atoms with Gasteiger partial charge in [0, 0.05) is 4.38 Å². The first-order valence-corrected chi connectivity index (χ1v) is 2.82. The van der Waals surface area contributed by atoms with Crippen molar-refractivity contribution >= 4 is 29.2 Å². The fourth-order valence-electron chi connectivity index (χ4n) is 0.192. The molecule has 0 bridgehead atoms. The molecule has 0 saturated heterocycles. The van der Waals surface area contributed by atoms with Crippen molar-refractivity contribution in [3.63, 3.8) is 0 Å². The summed E-state index contributed by atoms with van der Waals surface area (Å²) in [4.78, 5) is 0.